The molecule has 1 aromatic rings. The first-order valence-electron chi connectivity index (χ1n) is 5.37. The van der Waals surface area contributed by atoms with Crippen molar-refractivity contribution >= 4 is 5.69 Å². The monoisotopic (exact) mass is 207 g/mol. The van der Waals surface area contributed by atoms with Crippen molar-refractivity contribution in [2.24, 2.45) is 5.73 Å². The lowest BCUT2D eigenvalue weighted by Gasteiger charge is -2.32. The summed E-state index contributed by atoms with van der Waals surface area (Å²) in [7, 11) is 0. The molecule has 15 heavy (non-hydrogen) atoms. The molecule has 2 heterocycles. The van der Waals surface area contributed by atoms with Crippen LogP contribution >= 0.6 is 0 Å². The summed E-state index contributed by atoms with van der Waals surface area (Å²) < 4.78 is 0. The second-order valence-electron chi connectivity index (χ2n) is 3.95. The fourth-order valence-electron chi connectivity index (χ4n) is 1.96. The van der Waals surface area contributed by atoms with Gasteiger partial charge in [-0.2, -0.15) is 0 Å². The predicted molar refractivity (Wildman–Crippen MR) is 59.6 cm³/mol. The number of piperidine rings is 1. The second-order valence-corrected chi connectivity index (χ2v) is 3.95. The molecule has 1 unspecified atom stereocenters. The Morgan fingerprint density at radius 3 is 3.20 bits per heavy atom. The summed E-state index contributed by atoms with van der Waals surface area (Å²) in [6.45, 7) is 2.18. The van der Waals surface area contributed by atoms with Crippen LogP contribution < -0.4 is 10.6 Å². The predicted octanol–water partition coefficient (Wildman–Crippen LogP) is 0.501. The van der Waals surface area contributed by atoms with Crippen molar-refractivity contribution in [3.05, 3.63) is 24.0 Å². The van der Waals surface area contributed by atoms with Crippen LogP contribution in [-0.2, 0) is 6.54 Å². The van der Waals surface area contributed by atoms with Gasteiger partial charge in [-0.3, -0.25) is 4.98 Å². The van der Waals surface area contributed by atoms with Gasteiger partial charge in [-0.1, -0.05) is 0 Å². The fraction of sp³-hybridized carbons (Fsp3) is 0.545. The average Bonchev–Trinajstić information content (AvgIpc) is 2.29. The minimum Gasteiger partial charge on any atom is -0.391 e. The highest BCUT2D eigenvalue weighted by Gasteiger charge is 2.17. The zero-order valence-corrected chi connectivity index (χ0v) is 8.76. The van der Waals surface area contributed by atoms with E-state index in [9.17, 15) is 5.11 Å². The molecular formula is C11H17N3O. The Kier molecular flexibility index (Phi) is 3.18. The largest absolute Gasteiger partial charge is 0.391 e. The molecule has 0 saturated carbocycles. The van der Waals surface area contributed by atoms with Crippen LogP contribution in [0.3, 0.4) is 0 Å². The van der Waals surface area contributed by atoms with Gasteiger partial charge < -0.3 is 15.7 Å². The zero-order valence-electron chi connectivity index (χ0n) is 8.76. The molecule has 0 bridgehead atoms. The van der Waals surface area contributed by atoms with Crippen molar-refractivity contribution in [3.63, 3.8) is 0 Å². The first-order valence-corrected chi connectivity index (χ1v) is 5.37. The van der Waals surface area contributed by atoms with Gasteiger partial charge in [0.2, 0.25) is 0 Å². The number of β-amino-alcohol motifs (C(OH)–C–C–N with tert-alkyl or cyclic N) is 1. The fourth-order valence-corrected chi connectivity index (χ4v) is 1.96. The van der Waals surface area contributed by atoms with E-state index >= 15 is 0 Å². The Morgan fingerprint density at radius 2 is 2.47 bits per heavy atom. The van der Waals surface area contributed by atoms with E-state index < -0.39 is 0 Å². The molecule has 82 valence electrons. The number of aliphatic hydroxyl groups excluding tert-OH is 1. The highest BCUT2D eigenvalue weighted by molar-refractivity contribution is 5.47. The summed E-state index contributed by atoms with van der Waals surface area (Å²) in [4.78, 5) is 6.35. The normalized spacial score (nSPS) is 21.7. The smallest absolute Gasteiger partial charge is 0.0715 e. The molecule has 0 aliphatic carbocycles. The highest BCUT2D eigenvalue weighted by Crippen LogP contribution is 2.19. The maximum atomic E-state index is 9.59. The number of aromatic nitrogens is 1. The third-order valence-electron chi connectivity index (χ3n) is 2.77. The van der Waals surface area contributed by atoms with Gasteiger partial charge in [0.05, 0.1) is 11.8 Å². The van der Waals surface area contributed by atoms with E-state index in [1.807, 2.05) is 12.1 Å². The Hall–Kier alpha value is -1.13. The lowest BCUT2D eigenvalue weighted by molar-refractivity contribution is 0.154. The topological polar surface area (TPSA) is 62.4 Å². The SMILES string of the molecule is NCc1cc(N2CCCC(O)C2)ccn1. The molecule has 0 radical (unpaired) electrons. The van der Waals surface area contributed by atoms with E-state index in [1.54, 1.807) is 6.20 Å². The van der Waals surface area contributed by atoms with Crippen LogP contribution in [0.15, 0.2) is 18.3 Å². The van der Waals surface area contributed by atoms with E-state index in [2.05, 4.69) is 9.88 Å². The summed E-state index contributed by atoms with van der Waals surface area (Å²) in [5, 5.41) is 9.59. The molecule has 4 heteroatoms. The molecule has 0 spiro atoms. The third-order valence-corrected chi connectivity index (χ3v) is 2.77. The number of hydrogen-bond donors (Lipinski definition) is 2. The van der Waals surface area contributed by atoms with Gasteiger partial charge in [0.1, 0.15) is 0 Å². The summed E-state index contributed by atoms with van der Waals surface area (Å²) in [6, 6.07) is 3.97. The molecule has 1 saturated heterocycles. The van der Waals surface area contributed by atoms with Crippen LogP contribution in [0, 0.1) is 0 Å². The van der Waals surface area contributed by atoms with Gasteiger partial charge in [-0.05, 0) is 25.0 Å². The van der Waals surface area contributed by atoms with Crippen LogP contribution in [0.25, 0.3) is 0 Å². The third kappa shape index (κ3) is 2.46. The first kappa shape index (κ1) is 10.4. The van der Waals surface area contributed by atoms with Crippen molar-refractivity contribution in [2.45, 2.75) is 25.5 Å². The van der Waals surface area contributed by atoms with Crippen LogP contribution in [-0.4, -0.2) is 29.3 Å². The molecular weight excluding hydrogens is 190 g/mol. The number of hydrogen-bond acceptors (Lipinski definition) is 4. The lowest BCUT2D eigenvalue weighted by atomic mass is 10.1. The van der Waals surface area contributed by atoms with Gasteiger partial charge in [-0.15, -0.1) is 0 Å². The van der Waals surface area contributed by atoms with Crippen molar-refractivity contribution in [1.29, 1.82) is 0 Å². The van der Waals surface area contributed by atoms with Gasteiger partial charge >= 0.3 is 0 Å². The van der Waals surface area contributed by atoms with Crippen LogP contribution in [0.4, 0.5) is 5.69 Å². The summed E-state index contributed by atoms with van der Waals surface area (Å²) in [6.07, 6.45) is 3.53. The van der Waals surface area contributed by atoms with Crippen molar-refractivity contribution < 1.29 is 5.11 Å². The Labute approximate surface area is 89.7 Å². The number of aliphatic hydroxyl groups is 1. The van der Waals surface area contributed by atoms with E-state index in [0.29, 0.717) is 13.1 Å². The highest BCUT2D eigenvalue weighted by atomic mass is 16.3. The summed E-state index contributed by atoms with van der Waals surface area (Å²) in [5.74, 6) is 0. The van der Waals surface area contributed by atoms with Crippen LogP contribution in [0.2, 0.25) is 0 Å². The Morgan fingerprint density at radius 1 is 1.60 bits per heavy atom. The van der Waals surface area contributed by atoms with Gasteiger partial charge in [0, 0.05) is 31.5 Å². The lowest BCUT2D eigenvalue weighted by Crippen LogP contribution is -2.38. The average molecular weight is 207 g/mol. The molecule has 1 atom stereocenters. The number of pyridine rings is 1. The number of rotatable bonds is 2. The van der Waals surface area contributed by atoms with Crippen molar-refractivity contribution in [2.75, 3.05) is 18.0 Å². The van der Waals surface area contributed by atoms with E-state index in [0.717, 1.165) is 30.8 Å². The zero-order chi connectivity index (χ0) is 10.7. The number of nitrogens with two attached hydrogens (primary N) is 1. The molecule has 1 aliphatic heterocycles. The molecule has 3 N–H and O–H groups in total. The Balaban J connectivity index is 2.13. The van der Waals surface area contributed by atoms with Gasteiger partial charge in [-0.25, -0.2) is 0 Å². The van der Waals surface area contributed by atoms with Crippen LogP contribution in [0.1, 0.15) is 18.5 Å². The van der Waals surface area contributed by atoms with E-state index in [4.69, 9.17) is 5.73 Å². The molecule has 0 amide bonds. The van der Waals surface area contributed by atoms with E-state index in [-0.39, 0.29) is 6.10 Å². The Bertz CT molecular complexity index is 329. The molecule has 1 aliphatic rings. The molecule has 0 aromatic carbocycles. The minimum absolute atomic E-state index is 0.201. The van der Waals surface area contributed by atoms with Crippen molar-refractivity contribution in [3.8, 4) is 0 Å². The van der Waals surface area contributed by atoms with Crippen LogP contribution in [0.5, 0.6) is 0 Å². The molecule has 1 aromatic heterocycles. The minimum atomic E-state index is -0.201. The number of nitrogens with zero attached hydrogens (tertiary/aromatic N) is 2. The molecule has 2 rings (SSSR count). The van der Waals surface area contributed by atoms with Crippen molar-refractivity contribution in [1.82, 2.24) is 4.98 Å². The maximum absolute atomic E-state index is 9.59. The standard InChI is InChI=1S/C11H17N3O/c12-7-9-6-10(3-4-13-9)14-5-1-2-11(15)8-14/h3-4,6,11,15H,1-2,5,7-8,12H2. The molecule has 4 nitrogen and oxygen atoms in total. The first-order chi connectivity index (χ1) is 7.29. The quantitative estimate of drug-likeness (QED) is 0.741. The van der Waals surface area contributed by atoms with Gasteiger partial charge in [0.15, 0.2) is 0 Å². The van der Waals surface area contributed by atoms with Gasteiger partial charge in [0.25, 0.3) is 0 Å². The van der Waals surface area contributed by atoms with E-state index in [1.165, 1.54) is 0 Å². The summed E-state index contributed by atoms with van der Waals surface area (Å²) in [5.41, 5.74) is 7.56. The molecule has 1 fully saturated rings. The summed E-state index contributed by atoms with van der Waals surface area (Å²) >= 11 is 0. The second kappa shape index (κ2) is 4.59. The maximum Gasteiger partial charge on any atom is 0.0715 e. The number of anilines is 1.